The number of benzene rings is 3. The third-order valence-corrected chi connectivity index (χ3v) is 4.61. The first-order valence-corrected chi connectivity index (χ1v) is 9.99. The Bertz CT molecular complexity index is 1230. The molecule has 2 amide bonds. The molecule has 3 aromatic rings. The van der Waals surface area contributed by atoms with E-state index >= 15 is 0 Å². The number of carbonyl (C=O) groups is 1. The van der Waals surface area contributed by atoms with Crippen molar-refractivity contribution in [1.29, 1.82) is 5.26 Å². The fourth-order valence-electron chi connectivity index (χ4n) is 2.97. The lowest BCUT2D eigenvalue weighted by molar-refractivity contribution is -0.137. The van der Waals surface area contributed by atoms with E-state index in [1.807, 2.05) is 6.07 Å². The maximum atomic E-state index is 13.2. The fraction of sp³-hybridized carbons (Fsp3) is 0.125. The highest BCUT2D eigenvalue weighted by Gasteiger charge is 2.30. The predicted octanol–water partition coefficient (Wildman–Crippen LogP) is 5.95. The highest BCUT2D eigenvalue weighted by Crippen LogP contribution is 2.30. The molecule has 11 heteroatoms. The van der Waals surface area contributed by atoms with Gasteiger partial charge in [0.15, 0.2) is 0 Å². The van der Waals surface area contributed by atoms with Crippen LogP contribution in [0.3, 0.4) is 0 Å². The molecule has 0 aromatic heterocycles. The summed E-state index contributed by atoms with van der Waals surface area (Å²) in [4.78, 5) is 12.3. The number of nitrogens with one attached hydrogen (secondary N) is 2. The molecule has 0 heterocycles. The van der Waals surface area contributed by atoms with Crippen molar-refractivity contribution in [3.8, 4) is 11.8 Å². The maximum Gasteiger partial charge on any atom is 0.416 e. The van der Waals surface area contributed by atoms with Crippen LogP contribution in [0.5, 0.6) is 5.75 Å². The van der Waals surface area contributed by atoms with E-state index in [9.17, 15) is 26.7 Å². The summed E-state index contributed by atoms with van der Waals surface area (Å²) in [6.45, 7) is -2.99. The summed E-state index contributed by atoms with van der Waals surface area (Å²) in [5.41, 5.74) is 2.93. The van der Waals surface area contributed by atoms with Crippen LogP contribution >= 0.6 is 0 Å². The van der Waals surface area contributed by atoms with Crippen LogP contribution < -0.4 is 15.5 Å². The Labute approximate surface area is 196 Å². The second-order valence-electron chi connectivity index (χ2n) is 7.09. The van der Waals surface area contributed by atoms with Gasteiger partial charge in [-0.1, -0.05) is 24.3 Å². The molecule has 2 N–H and O–H groups in total. The van der Waals surface area contributed by atoms with Crippen molar-refractivity contribution in [2.24, 2.45) is 5.10 Å². The van der Waals surface area contributed by atoms with Crippen molar-refractivity contribution < 1.29 is 31.5 Å². The van der Waals surface area contributed by atoms with E-state index in [0.29, 0.717) is 11.1 Å². The summed E-state index contributed by atoms with van der Waals surface area (Å²) >= 11 is 0. The summed E-state index contributed by atoms with van der Waals surface area (Å²) < 4.78 is 68.3. The lowest BCUT2D eigenvalue weighted by Crippen LogP contribution is -2.26. The molecule has 0 radical (unpaired) electrons. The van der Waals surface area contributed by atoms with Crippen LogP contribution in [0.2, 0.25) is 0 Å². The quantitative estimate of drug-likeness (QED) is 0.245. The summed E-state index contributed by atoms with van der Waals surface area (Å²) in [6.07, 6.45) is -4.51. The van der Waals surface area contributed by atoms with E-state index in [-0.39, 0.29) is 29.1 Å². The van der Waals surface area contributed by atoms with E-state index in [1.165, 1.54) is 36.4 Å². The number of alkyl halides is 5. The summed E-state index contributed by atoms with van der Waals surface area (Å²) in [7, 11) is 0. The first kappa shape index (κ1) is 25.2. The number of hydrogen-bond donors (Lipinski definition) is 2. The zero-order chi connectivity index (χ0) is 25.4. The molecule has 0 aliphatic rings. The molecule has 0 saturated carbocycles. The van der Waals surface area contributed by atoms with E-state index in [4.69, 9.17) is 5.26 Å². The molecule has 0 aliphatic heterocycles. The van der Waals surface area contributed by atoms with Gasteiger partial charge in [-0.05, 0) is 59.7 Å². The fourth-order valence-corrected chi connectivity index (χ4v) is 2.97. The Kier molecular flexibility index (Phi) is 7.99. The van der Waals surface area contributed by atoms with Gasteiger partial charge in [0.2, 0.25) is 0 Å². The van der Waals surface area contributed by atoms with Gasteiger partial charge in [0.1, 0.15) is 5.75 Å². The molecule has 3 rings (SSSR count). The van der Waals surface area contributed by atoms with E-state index < -0.39 is 24.4 Å². The molecule has 0 aliphatic carbocycles. The van der Waals surface area contributed by atoms with Gasteiger partial charge < -0.3 is 10.1 Å². The number of halogens is 5. The minimum absolute atomic E-state index is 0.0625. The van der Waals surface area contributed by atoms with Crippen molar-refractivity contribution in [2.75, 3.05) is 5.32 Å². The number of nitrogens with zero attached hydrogens (tertiary/aromatic N) is 2. The van der Waals surface area contributed by atoms with E-state index in [2.05, 4.69) is 20.6 Å². The first-order valence-electron chi connectivity index (χ1n) is 9.99. The van der Waals surface area contributed by atoms with Gasteiger partial charge in [0.05, 0.1) is 22.9 Å². The number of hydrogen-bond acceptors (Lipinski definition) is 4. The van der Waals surface area contributed by atoms with Crippen LogP contribution in [0.4, 0.5) is 32.4 Å². The number of carbonyl (C=O) groups excluding carboxylic acids is 1. The second kappa shape index (κ2) is 11.1. The highest BCUT2D eigenvalue weighted by atomic mass is 19.4. The largest absolute Gasteiger partial charge is 0.435 e. The smallest absolute Gasteiger partial charge is 0.416 e. The van der Waals surface area contributed by atoms with Crippen LogP contribution in [-0.2, 0) is 12.6 Å². The highest BCUT2D eigenvalue weighted by molar-refractivity contribution is 6.03. The number of ether oxygens (including phenoxy) is 1. The first-order chi connectivity index (χ1) is 16.6. The SMILES string of the molecule is N#Cc1ccc(C/C(=N\NC(=O)Nc2ccc(OC(F)F)cc2)c2cccc(C(F)(F)F)c2)cc1. The molecule has 0 saturated heterocycles. The number of urea groups is 1. The van der Waals surface area contributed by atoms with Gasteiger partial charge in [-0.3, -0.25) is 0 Å². The second-order valence-corrected chi connectivity index (χ2v) is 7.09. The van der Waals surface area contributed by atoms with Gasteiger partial charge >= 0.3 is 18.8 Å². The van der Waals surface area contributed by atoms with Crippen molar-refractivity contribution in [3.63, 3.8) is 0 Å². The van der Waals surface area contributed by atoms with E-state index in [0.717, 1.165) is 12.1 Å². The minimum atomic E-state index is -4.57. The Morgan fingerprint density at radius 3 is 2.31 bits per heavy atom. The molecule has 3 aromatic carbocycles. The van der Waals surface area contributed by atoms with Gasteiger partial charge in [-0.15, -0.1) is 0 Å². The molecule has 0 fully saturated rings. The van der Waals surface area contributed by atoms with Crippen LogP contribution in [0, 0.1) is 11.3 Å². The van der Waals surface area contributed by atoms with Crippen LogP contribution in [0.15, 0.2) is 77.9 Å². The lowest BCUT2D eigenvalue weighted by Gasteiger charge is -2.12. The van der Waals surface area contributed by atoms with Gasteiger partial charge in [-0.25, -0.2) is 10.2 Å². The molecule has 0 atom stereocenters. The van der Waals surface area contributed by atoms with Crippen LogP contribution in [0.1, 0.15) is 22.3 Å². The Morgan fingerprint density at radius 1 is 1.03 bits per heavy atom. The summed E-state index contributed by atoms with van der Waals surface area (Å²) in [5, 5.41) is 15.4. The zero-order valence-corrected chi connectivity index (χ0v) is 17.8. The number of rotatable bonds is 7. The monoisotopic (exact) mass is 488 g/mol. The van der Waals surface area contributed by atoms with Crippen LogP contribution in [0.25, 0.3) is 0 Å². The number of amides is 2. The van der Waals surface area contributed by atoms with Crippen molar-refractivity contribution >= 4 is 17.4 Å². The number of nitriles is 1. The maximum absolute atomic E-state index is 13.2. The third kappa shape index (κ3) is 7.53. The molecule has 0 unspecified atom stereocenters. The van der Waals surface area contributed by atoms with Gasteiger partial charge in [0.25, 0.3) is 0 Å². The van der Waals surface area contributed by atoms with Crippen molar-refractivity contribution in [2.45, 2.75) is 19.2 Å². The Balaban J connectivity index is 1.80. The third-order valence-electron chi connectivity index (χ3n) is 4.61. The Morgan fingerprint density at radius 2 is 1.71 bits per heavy atom. The molecule has 180 valence electrons. The molecular formula is C24H17F5N4O2. The average Bonchev–Trinajstić information content (AvgIpc) is 2.82. The normalized spacial score (nSPS) is 11.6. The topological polar surface area (TPSA) is 86.5 Å². The van der Waals surface area contributed by atoms with Crippen molar-refractivity contribution in [1.82, 2.24) is 5.43 Å². The average molecular weight is 488 g/mol. The molecule has 35 heavy (non-hydrogen) atoms. The molecule has 6 nitrogen and oxygen atoms in total. The lowest BCUT2D eigenvalue weighted by atomic mass is 9.99. The number of anilines is 1. The number of hydrazone groups is 1. The summed E-state index contributed by atoms with van der Waals surface area (Å²) in [6, 6.07) is 17.1. The minimum Gasteiger partial charge on any atom is -0.435 e. The standard InChI is InChI=1S/C24H17F5N4O2/c25-22(26)35-20-10-8-19(9-11-20)31-23(34)33-32-21(12-15-4-6-16(14-30)7-5-15)17-2-1-3-18(13-17)24(27,28)29/h1-11,13,22H,12H2,(H2,31,33,34)/b32-21+. The molecule has 0 bridgehead atoms. The zero-order valence-electron chi connectivity index (χ0n) is 17.8. The van der Waals surface area contributed by atoms with E-state index in [1.54, 1.807) is 24.3 Å². The van der Waals surface area contributed by atoms with Gasteiger partial charge in [-0.2, -0.15) is 32.3 Å². The van der Waals surface area contributed by atoms with Gasteiger partial charge in [0, 0.05) is 12.1 Å². The molecular weight excluding hydrogens is 471 g/mol. The molecule has 0 spiro atoms. The van der Waals surface area contributed by atoms with Crippen LogP contribution in [-0.4, -0.2) is 18.4 Å². The summed E-state index contributed by atoms with van der Waals surface area (Å²) in [5.74, 6) is -0.0989. The van der Waals surface area contributed by atoms with Crippen molar-refractivity contribution in [3.05, 3.63) is 95.1 Å². The Hall–Kier alpha value is -4.46. The predicted molar refractivity (Wildman–Crippen MR) is 118 cm³/mol.